The maximum atomic E-state index is 11.0. The number of hydrogen-bond donors (Lipinski definition) is 0. The van der Waals surface area contributed by atoms with Crippen LogP contribution in [0, 0.1) is 23.7 Å². The molecule has 0 amide bonds. The molecule has 0 saturated carbocycles. The van der Waals surface area contributed by atoms with Gasteiger partial charge in [0, 0.05) is 11.3 Å². The van der Waals surface area contributed by atoms with E-state index in [0.717, 1.165) is 12.0 Å². The number of rotatable bonds is 4. The molecular weight excluding hydrogens is 210 g/mol. The normalized spacial score (nSPS) is 8.35. The fourth-order valence-corrected chi connectivity index (χ4v) is 1.45. The summed E-state index contributed by atoms with van der Waals surface area (Å²) < 4.78 is 0. The summed E-state index contributed by atoms with van der Waals surface area (Å²) in [6, 6.07) is 7.48. The molecule has 0 aliphatic heterocycles. The molecule has 1 rings (SSSR count). The first-order chi connectivity index (χ1) is 8.33. The first kappa shape index (κ1) is 12.9. The summed E-state index contributed by atoms with van der Waals surface area (Å²) in [5.41, 5.74) is 1.55. The Morgan fingerprint density at radius 3 is 2.24 bits per heavy atom. The lowest BCUT2D eigenvalue weighted by atomic mass is 10.1. The standard InChI is InChI=1S/C15H15NO/c1-3-5-11-16(12-6-4-2)15-10-8-7-9-14(15)13-17/h7-10,13H,11-12H2,1-2H3. The van der Waals surface area contributed by atoms with Crippen LogP contribution in [-0.4, -0.2) is 19.4 Å². The lowest BCUT2D eigenvalue weighted by Crippen LogP contribution is -2.25. The summed E-state index contributed by atoms with van der Waals surface area (Å²) in [4.78, 5) is 13.0. The molecule has 0 radical (unpaired) electrons. The zero-order valence-corrected chi connectivity index (χ0v) is 10.2. The Hall–Kier alpha value is -2.19. The molecular formula is C15H15NO. The molecule has 0 aromatic heterocycles. The van der Waals surface area contributed by atoms with Crippen LogP contribution in [0.4, 0.5) is 5.69 Å². The summed E-state index contributed by atoms with van der Waals surface area (Å²) in [5, 5.41) is 0. The molecule has 2 heteroatoms. The van der Waals surface area contributed by atoms with Crippen LogP contribution in [0.3, 0.4) is 0 Å². The van der Waals surface area contributed by atoms with Gasteiger partial charge in [-0.05, 0) is 26.0 Å². The van der Waals surface area contributed by atoms with Gasteiger partial charge in [0.2, 0.25) is 0 Å². The van der Waals surface area contributed by atoms with Crippen molar-refractivity contribution in [2.45, 2.75) is 13.8 Å². The average Bonchev–Trinajstić information content (AvgIpc) is 2.39. The number of hydrogen-bond acceptors (Lipinski definition) is 2. The second kappa shape index (κ2) is 7.14. The first-order valence-electron chi connectivity index (χ1n) is 5.41. The van der Waals surface area contributed by atoms with Crippen molar-refractivity contribution < 1.29 is 4.79 Å². The Kier molecular flexibility index (Phi) is 5.41. The van der Waals surface area contributed by atoms with E-state index in [0.29, 0.717) is 18.7 Å². The second-order valence-electron chi connectivity index (χ2n) is 3.39. The van der Waals surface area contributed by atoms with Crippen molar-refractivity contribution in [3.63, 3.8) is 0 Å². The van der Waals surface area contributed by atoms with Crippen LogP contribution in [0.25, 0.3) is 0 Å². The minimum absolute atomic E-state index is 0.579. The topological polar surface area (TPSA) is 20.3 Å². The largest absolute Gasteiger partial charge is 0.349 e. The summed E-state index contributed by atoms with van der Waals surface area (Å²) in [6.07, 6.45) is 0.862. The third kappa shape index (κ3) is 3.70. The fourth-order valence-electron chi connectivity index (χ4n) is 1.45. The van der Waals surface area contributed by atoms with Gasteiger partial charge in [0.05, 0.1) is 13.1 Å². The molecule has 0 saturated heterocycles. The van der Waals surface area contributed by atoms with Crippen molar-refractivity contribution in [1.29, 1.82) is 0 Å². The molecule has 0 aliphatic carbocycles. The second-order valence-corrected chi connectivity index (χ2v) is 3.39. The monoisotopic (exact) mass is 225 g/mol. The van der Waals surface area contributed by atoms with E-state index < -0.39 is 0 Å². The molecule has 17 heavy (non-hydrogen) atoms. The van der Waals surface area contributed by atoms with E-state index in [-0.39, 0.29) is 0 Å². The van der Waals surface area contributed by atoms with Gasteiger partial charge in [-0.3, -0.25) is 4.79 Å². The van der Waals surface area contributed by atoms with Crippen molar-refractivity contribution >= 4 is 12.0 Å². The van der Waals surface area contributed by atoms with Crippen LogP contribution in [0.15, 0.2) is 24.3 Å². The predicted octanol–water partition coefficient (Wildman–Crippen LogP) is 2.35. The number of benzene rings is 1. The highest BCUT2D eigenvalue weighted by molar-refractivity contribution is 5.84. The van der Waals surface area contributed by atoms with E-state index in [1.54, 1.807) is 19.9 Å². The van der Waals surface area contributed by atoms with E-state index in [1.807, 2.05) is 23.1 Å². The minimum Gasteiger partial charge on any atom is -0.349 e. The van der Waals surface area contributed by atoms with Crippen molar-refractivity contribution in [3.8, 4) is 23.7 Å². The Bertz CT molecular complexity index is 475. The molecule has 0 atom stereocenters. The van der Waals surface area contributed by atoms with Crippen LogP contribution in [0.5, 0.6) is 0 Å². The van der Waals surface area contributed by atoms with E-state index in [2.05, 4.69) is 23.7 Å². The van der Waals surface area contributed by atoms with Gasteiger partial charge in [-0.1, -0.05) is 24.0 Å². The third-order valence-electron chi connectivity index (χ3n) is 2.30. The zero-order chi connectivity index (χ0) is 12.5. The number of nitrogens with zero attached hydrogens (tertiary/aromatic N) is 1. The maximum Gasteiger partial charge on any atom is 0.152 e. The SMILES string of the molecule is CC#CCN(CC#CC)c1ccccc1C=O. The van der Waals surface area contributed by atoms with Gasteiger partial charge in [0.25, 0.3) is 0 Å². The molecule has 1 aromatic carbocycles. The summed E-state index contributed by atoms with van der Waals surface area (Å²) >= 11 is 0. The van der Waals surface area contributed by atoms with Gasteiger partial charge < -0.3 is 4.90 Å². The number of anilines is 1. The molecule has 0 heterocycles. The predicted molar refractivity (Wildman–Crippen MR) is 70.9 cm³/mol. The van der Waals surface area contributed by atoms with E-state index >= 15 is 0 Å². The van der Waals surface area contributed by atoms with Crippen molar-refractivity contribution in [3.05, 3.63) is 29.8 Å². The Balaban J connectivity index is 3.03. The highest BCUT2D eigenvalue weighted by atomic mass is 16.1. The Morgan fingerprint density at radius 1 is 1.12 bits per heavy atom. The number of carbonyl (C=O) groups is 1. The summed E-state index contributed by atoms with van der Waals surface area (Å²) in [5.74, 6) is 11.7. The Morgan fingerprint density at radius 2 is 1.71 bits per heavy atom. The maximum absolute atomic E-state index is 11.0. The quantitative estimate of drug-likeness (QED) is 0.579. The van der Waals surface area contributed by atoms with Gasteiger partial charge in [-0.2, -0.15) is 0 Å². The lowest BCUT2D eigenvalue weighted by molar-refractivity contribution is 0.112. The van der Waals surface area contributed by atoms with Gasteiger partial charge in [0.15, 0.2) is 6.29 Å². The van der Waals surface area contributed by atoms with Crippen LogP contribution >= 0.6 is 0 Å². The molecule has 0 unspecified atom stereocenters. The molecule has 0 bridgehead atoms. The molecule has 86 valence electrons. The van der Waals surface area contributed by atoms with Gasteiger partial charge in [-0.15, -0.1) is 11.8 Å². The Labute approximate surface area is 103 Å². The summed E-state index contributed by atoms with van der Waals surface area (Å²) in [7, 11) is 0. The molecule has 0 fully saturated rings. The van der Waals surface area contributed by atoms with Crippen molar-refractivity contribution in [1.82, 2.24) is 0 Å². The third-order valence-corrected chi connectivity index (χ3v) is 2.30. The van der Waals surface area contributed by atoms with Gasteiger partial charge in [-0.25, -0.2) is 0 Å². The average molecular weight is 225 g/mol. The number of para-hydroxylation sites is 1. The van der Waals surface area contributed by atoms with Crippen molar-refractivity contribution in [2.75, 3.05) is 18.0 Å². The molecule has 1 aromatic rings. The highest BCUT2D eigenvalue weighted by Gasteiger charge is 2.07. The zero-order valence-electron chi connectivity index (χ0n) is 10.2. The van der Waals surface area contributed by atoms with Crippen LogP contribution in [0.1, 0.15) is 24.2 Å². The van der Waals surface area contributed by atoms with Crippen molar-refractivity contribution in [2.24, 2.45) is 0 Å². The smallest absolute Gasteiger partial charge is 0.152 e. The van der Waals surface area contributed by atoms with E-state index in [4.69, 9.17) is 0 Å². The summed E-state index contributed by atoms with van der Waals surface area (Å²) in [6.45, 7) is 4.76. The first-order valence-corrected chi connectivity index (χ1v) is 5.41. The fraction of sp³-hybridized carbons (Fsp3) is 0.267. The van der Waals surface area contributed by atoms with Crippen LogP contribution < -0.4 is 4.90 Å². The van der Waals surface area contributed by atoms with Gasteiger partial charge >= 0.3 is 0 Å². The molecule has 0 spiro atoms. The van der Waals surface area contributed by atoms with Crippen LogP contribution in [0.2, 0.25) is 0 Å². The highest BCUT2D eigenvalue weighted by Crippen LogP contribution is 2.17. The van der Waals surface area contributed by atoms with Crippen LogP contribution in [-0.2, 0) is 0 Å². The number of carbonyl (C=O) groups excluding carboxylic acids is 1. The van der Waals surface area contributed by atoms with Gasteiger partial charge in [0.1, 0.15) is 0 Å². The number of aldehydes is 1. The molecule has 2 nitrogen and oxygen atoms in total. The molecule has 0 N–H and O–H groups in total. The van der Waals surface area contributed by atoms with E-state index in [9.17, 15) is 4.79 Å². The minimum atomic E-state index is 0.579. The van der Waals surface area contributed by atoms with E-state index in [1.165, 1.54) is 0 Å². The molecule has 0 aliphatic rings. The lowest BCUT2D eigenvalue weighted by Gasteiger charge is -2.21.